The molecule has 7 aliphatic rings. The van der Waals surface area contributed by atoms with Gasteiger partial charge in [-0.15, -0.1) is 0 Å². The Morgan fingerprint density at radius 1 is 0.981 bits per heavy atom. The molecule has 296 valence electrons. The Labute approximate surface area is 321 Å². The standard InChI is InChI=1S/C41H62BN5O7/c1-8-14-33(42-53-32-20-28-19-31(40(28,5)6)41(32,7)54-42)44-35(48)30-21-29(43-37(50)46-22-26-17-12-13-18-27(26)23-46)24-47(30)36(49)34(25-15-10-9-11-16-25)45-38(51)52-39(2,3)4/h12-13,17-18,25,28-34H,8-11,14-16,19-24H2,1-7H3,(H,43,50)(H,44,48)(H,45,51)/t28-,29-,30+,31-,32-,33+,34+,41+/m1/s1. The fourth-order valence-corrected chi connectivity index (χ4v) is 10.6. The van der Waals surface area contributed by atoms with Crippen molar-refractivity contribution in [2.75, 3.05) is 6.54 Å². The smallest absolute Gasteiger partial charge is 0.444 e. The molecule has 13 heteroatoms. The Balaban J connectivity index is 1.11. The Bertz CT molecular complexity index is 1570. The SMILES string of the molecule is CCC[C@H](NC(=O)[C@@H]1C[C@@H](NC(=O)N2Cc3ccccc3C2)CN1C(=O)[C@@H](NC(=O)OC(C)(C)C)C1CCCCC1)B1O[C@@H]2C[C@H]3C[C@H](C3(C)C)[C@]2(C)O1. The number of alkyl carbamates (subject to hydrolysis) is 1. The van der Waals surface area contributed by atoms with E-state index in [0.29, 0.717) is 31.3 Å². The molecule has 54 heavy (non-hydrogen) atoms. The average Bonchev–Trinajstić information content (AvgIpc) is 3.84. The molecule has 8 atom stereocenters. The number of amides is 5. The molecule has 0 aromatic heterocycles. The van der Waals surface area contributed by atoms with Crippen LogP contribution in [-0.4, -0.2) is 88.8 Å². The molecular formula is C41H62BN5O7. The summed E-state index contributed by atoms with van der Waals surface area (Å²) >= 11 is 0. The van der Waals surface area contributed by atoms with E-state index < -0.39 is 48.5 Å². The van der Waals surface area contributed by atoms with Crippen LogP contribution in [0.15, 0.2) is 24.3 Å². The number of rotatable bonds is 9. The van der Waals surface area contributed by atoms with Crippen molar-refractivity contribution < 1.29 is 33.2 Å². The number of urea groups is 1. The van der Waals surface area contributed by atoms with E-state index in [4.69, 9.17) is 14.0 Å². The third kappa shape index (κ3) is 7.60. The van der Waals surface area contributed by atoms with Gasteiger partial charge in [0.25, 0.3) is 0 Å². The highest BCUT2D eigenvalue weighted by molar-refractivity contribution is 6.48. The zero-order valence-electron chi connectivity index (χ0n) is 33.5. The first-order chi connectivity index (χ1) is 25.6. The van der Waals surface area contributed by atoms with Crippen molar-refractivity contribution in [1.29, 1.82) is 0 Å². The van der Waals surface area contributed by atoms with Crippen molar-refractivity contribution in [2.45, 2.75) is 167 Å². The summed E-state index contributed by atoms with van der Waals surface area (Å²) in [5.74, 6) is -0.127. The molecule has 2 saturated heterocycles. The van der Waals surface area contributed by atoms with Crippen LogP contribution in [0.5, 0.6) is 0 Å². The molecule has 2 bridgehead atoms. The van der Waals surface area contributed by atoms with Gasteiger partial charge in [0.05, 0.1) is 23.7 Å². The van der Waals surface area contributed by atoms with Crippen LogP contribution in [0, 0.1) is 23.2 Å². The number of hydrogen-bond donors (Lipinski definition) is 3. The quantitative estimate of drug-likeness (QED) is 0.276. The fourth-order valence-electron chi connectivity index (χ4n) is 10.6. The second-order valence-electron chi connectivity index (χ2n) is 18.8. The maximum atomic E-state index is 14.8. The summed E-state index contributed by atoms with van der Waals surface area (Å²) in [6.07, 6.45) is 7.70. The van der Waals surface area contributed by atoms with Gasteiger partial charge < -0.3 is 39.8 Å². The third-order valence-corrected chi connectivity index (χ3v) is 13.6. The molecule has 0 radical (unpaired) electrons. The van der Waals surface area contributed by atoms with Crippen LogP contribution in [0.25, 0.3) is 0 Å². The minimum Gasteiger partial charge on any atom is -0.444 e. The highest BCUT2D eigenvalue weighted by Crippen LogP contribution is 2.65. The molecule has 3 aliphatic heterocycles. The minimum atomic E-state index is -0.865. The first-order valence-electron chi connectivity index (χ1n) is 20.6. The molecule has 4 aliphatic carbocycles. The monoisotopic (exact) mass is 747 g/mol. The number of fused-ring (bicyclic) bond motifs is 1. The molecule has 3 N–H and O–H groups in total. The third-order valence-electron chi connectivity index (χ3n) is 13.6. The molecule has 0 spiro atoms. The largest absolute Gasteiger partial charge is 0.481 e. The van der Waals surface area contributed by atoms with Crippen molar-refractivity contribution in [3.8, 4) is 0 Å². The Hall–Kier alpha value is -3.32. The normalized spacial score (nSPS) is 31.2. The zero-order valence-corrected chi connectivity index (χ0v) is 33.5. The lowest BCUT2D eigenvalue weighted by atomic mass is 9.43. The molecule has 3 heterocycles. The van der Waals surface area contributed by atoms with Crippen LogP contribution >= 0.6 is 0 Å². The zero-order chi connectivity index (χ0) is 38.6. The van der Waals surface area contributed by atoms with E-state index in [0.717, 1.165) is 62.5 Å². The molecule has 4 saturated carbocycles. The van der Waals surface area contributed by atoms with Gasteiger partial charge in [-0.3, -0.25) is 9.59 Å². The van der Waals surface area contributed by atoms with E-state index in [1.807, 2.05) is 24.3 Å². The lowest BCUT2D eigenvalue weighted by Crippen LogP contribution is -2.65. The number of ether oxygens (including phenoxy) is 1. The molecule has 1 aromatic carbocycles. The predicted octanol–water partition coefficient (Wildman–Crippen LogP) is 5.71. The predicted molar refractivity (Wildman–Crippen MR) is 205 cm³/mol. The Morgan fingerprint density at radius 2 is 1.67 bits per heavy atom. The molecular weight excluding hydrogens is 685 g/mol. The first-order valence-corrected chi connectivity index (χ1v) is 20.6. The molecule has 6 fully saturated rings. The van der Waals surface area contributed by atoms with Crippen molar-refractivity contribution >= 4 is 31.1 Å². The summed E-state index contributed by atoms with van der Waals surface area (Å²) in [4.78, 5) is 59.5. The van der Waals surface area contributed by atoms with Gasteiger partial charge in [0, 0.05) is 19.6 Å². The van der Waals surface area contributed by atoms with Crippen LogP contribution < -0.4 is 16.0 Å². The highest BCUT2D eigenvalue weighted by Gasteiger charge is 2.68. The topological polar surface area (TPSA) is 139 Å². The van der Waals surface area contributed by atoms with Crippen molar-refractivity contribution in [1.82, 2.24) is 25.8 Å². The number of benzene rings is 1. The molecule has 8 rings (SSSR count). The van der Waals surface area contributed by atoms with Gasteiger partial charge in [-0.1, -0.05) is 70.7 Å². The van der Waals surface area contributed by atoms with Crippen molar-refractivity contribution in [3.63, 3.8) is 0 Å². The van der Waals surface area contributed by atoms with Crippen LogP contribution in [0.2, 0.25) is 0 Å². The second kappa shape index (κ2) is 15.0. The number of likely N-dealkylation sites (tertiary alicyclic amines) is 1. The number of nitrogens with one attached hydrogen (secondary N) is 3. The van der Waals surface area contributed by atoms with Crippen LogP contribution in [0.4, 0.5) is 9.59 Å². The summed E-state index contributed by atoms with van der Waals surface area (Å²) in [5, 5.41) is 9.36. The van der Waals surface area contributed by atoms with Gasteiger partial charge in [-0.2, -0.15) is 0 Å². The molecule has 1 aromatic rings. The maximum Gasteiger partial charge on any atom is 0.481 e. The van der Waals surface area contributed by atoms with E-state index in [1.165, 1.54) is 0 Å². The summed E-state index contributed by atoms with van der Waals surface area (Å²) < 4.78 is 19.1. The summed E-state index contributed by atoms with van der Waals surface area (Å²) in [5.41, 5.74) is 1.26. The van der Waals surface area contributed by atoms with Crippen molar-refractivity contribution in [3.05, 3.63) is 35.4 Å². The van der Waals surface area contributed by atoms with Gasteiger partial charge in [-0.25, -0.2) is 9.59 Å². The molecule has 0 unspecified atom stereocenters. The van der Waals surface area contributed by atoms with Gasteiger partial charge in [0.1, 0.15) is 17.7 Å². The second-order valence-corrected chi connectivity index (χ2v) is 18.8. The van der Waals surface area contributed by atoms with Crippen molar-refractivity contribution in [2.24, 2.45) is 23.2 Å². The lowest BCUT2D eigenvalue weighted by Gasteiger charge is -2.64. The number of carbonyl (C=O) groups excluding carboxylic acids is 4. The van der Waals surface area contributed by atoms with E-state index in [9.17, 15) is 19.2 Å². The molecule has 12 nitrogen and oxygen atoms in total. The number of hydrogen-bond acceptors (Lipinski definition) is 7. The van der Waals surface area contributed by atoms with Gasteiger partial charge in [-0.05, 0) is 101 Å². The first kappa shape index (κ1) is 38.9. The average molecular weight is 748 g/mol. The number of carbonyl (C=O) groups is 4. The van der Waals surface area contributed by atoms with E-state index >= 15 is 0 Å². The van der Waals surface area contributed by atoms with Gasteiger partial charge in [0.2, 0.25) is 11.8 Å². The van der Waals surface area contributed by atoms with Gasteiger partial charge >= 0.3 is 19.2 Å². The van der Waals surface area contributed by atoms with E-state index in [2.05, 4.69) is 43.6 Å². The minimum absolute atomic E-state index is 0.0217. The Kier molecular flexibility index (Phi) is 10.8. The van der Waals surface area contributed by atoms with Crippen LogP contribution in [0.1, 0.15) is 124 Å². The molecule has 5 amide bonds. The summed E-state index contributed by atoms with van der Waals surface area (Å²) in [6.45, 7) is 15.4. The van der Waals surface area contributed by atoms with Gasteiger partial charge in [0.15, 0.2) is 0 Å². The van der Waals surface area contributed by atoms with E-state index in [-0.39, 0.29) is 48.2 Å². The fraction of sp³-hybridized carbons (Fsp3) is 0.756. The summed E-state index contributed by atoms with van der Waals surface area (Å²) in [6, 6.07) is 5.60. The maximum absolute atomic E-state index is 14.8. The van der Waals surface area contributed by atoms with E-state index in [1.54, 1.807) is 30.6 Å². The summed E-state index contributed by atoms with van der Waals surface area (Å²) in [7, 11) is -0.597. The Morgan fingerprint density at radius 3 is 2.30 bits per heavy atom. The number of nitrogens with zero attached hydrogens (tertiary/aromatic N) is 2. The van der Waals surface area contributed by atoms with Crippen LogP contribution in [0.3, 0.4) is 0 Å². The highest BCUT2D eigenvalue weighted by atomic mass is 16.7. The van der Waals surface area contributed by atoms with Crippen LogP contribution in [-0.2, 0) is 36.7 Å². The lowest BCUT2D eigenvalue weighted by molar-refractivity contribution is -0.199.